The van der Waals surface area contributed by atoms with Crippen LogP contribution in [0.5, 0.6) is 0 Å². The number of allylic oxidation sites excluding steroid dienone is 1. The zero-order valence-corrected chi connectivity index (χ0v) is 33.6. The smallest absolute Gasteiger partial charge is 0.307 e. The van der Waals surface area contributed by atoms with Crippen molar-refractivity contribution in [1.82, 2.24) is 19.7 Å². The van der Waals surface area contributed by atoms with E-state index in [1.165, 1.54) is 11.9 Å². The molecule has 2 heterocycles. The van der Waals surface area contributed by atoms with E-state index < -0.39 is 23.2 Å². The number of carboxylic acid groups (broad SMARTS) is 1. The van der Waals surface area contributed by atoms with Gasteiger partial charge < -0.3 is 25.2 Å². The van der Waals surface area contributed by atoms with Crippen molar-refractivity contribution in [2.45, 2.75) is 125 Å². The predicted molar refractivity (Wildman–Crippen MR) is 198 cm³/mol. The molecule has 0 spiro atoms. The molecule has 10 heteroatoms. The van der Waals surface area contributed by atoms with Crippen molar-refractivity contribution in [2.24, 2.45) is 68.3 Å². The zero-order valence-electron chi connectivity index (χ0n) is 33.6. The fourth-order valence-corrected chi connectivity index (χ4v) is 12.9. The molecule has 1 aliphatic heterocycles. The number of carbonyl (C=O) groups is 2. The van der Waals surface area contributed by atoms with Gasteiger partial charge in [0.05, 0.1) is 37.9 Å². The normalized spacial score (nSPS) is 42.4. The monoisotopic (exact) mass is 710 g/mol. The van der Waals surface area contributed by atoms with Crippen LogP contribution in [-0.4, -0.2) is 82.2 Å². The van der Waals surface area contributed by atoms with Crippen molar-refractivity contribution in [2.75, 3.05) is 33.9 Å². The third kappa shape index (κ3) is 5.25. The van der Waals surface area contributed by atoms with E-state index in [1.54, 1.807) is 4.68 Å². The highest BCUT2D eigenvalue weighted by Crippen LogP contribution is 2.75. The van der Waals surface area contributed by atoms with E-state index in [1.807, 2.05) is 0 Å². The lowest BCUT2D eigenvalue weighted by molar-refractivity contribution is -0.255. The van der Waals surface area contributed by atoms with Crippen LogP contribution < -0.4 is 5.73 Å². The van der Waals surface area contributed by atoms with E-state index in [9.17, 15) is 14.7 Å². The number of rotatable bonds is 10. The van der Waals surface area contributed by atoms with Crippen LogP contribution in [0.25, 0.3) is 0 Å². The lowest BCUT2D eigenvalue weighted by Gasteiger charge is -2.71. The summed E-state index contributed by atoms with van der Waals surface area (Å²) in [4.78, 5) is 32.9. The highest BCUT2D eigenvalue weighted by Gasteiger charge is 2.72. The van der Waals surface area contributed by atoms with Gasteiger partial charge in [0, 0.05) is 16.4 Å². The Balaban J connectivity index is 1.47. The Bertz CT molecular complexity index is 1550. The number of aromatic nitrogens is 3. The number of ether oxygens (including phenoxy) is 2. The molecular weight excluding hydrogens is 642 g/mol. The number of primary amides is 1. The highest BCUT2D eigenvalue weighted by atomic mass is 16.5. The first kappa shape index (κ1) is 38.4. The first-order valence-electron chi connectivity index (χ1n) is 19.6. The van der Waals surface area contributed by atoms with Crippen LogP contribution in [0.4, 0.5) is 0 Å². The van der Waals surface area contributed by atoms with E-state index in [4.69, 9.17) is 15.2 Å². The summed E-state index contributed by atoms with van der Waals surface area (Å²) in [5, 5.41) is 15.8. The molecule has 1 saturated heterocycles. The number of aliphatic carboxylic acids is 1. The van der Waals surface area contributed by atoms with Crippen molar-refractivity contribution in [1.29, 1.82) is 0 Å². The maximum atomic E-state index is 13.5. The van der Waals surface area contributed by atoms with Crippen LogP contribution >= 0.6 is 0 Å². The number of likely N-dealkylation sites (N-methyl/N-ethyl adjacent to an activating group) is 1. The number of carboxylic acids is 1. The molecule has 3 N–H and O–H groups in total. The van der Waals surface area contributed by atoms with Gasteiger partial charge in [-0.3, -0.25) is 9.59 Å². The molecule has 5 aliphatic rings. The van der Waals surface area contributed by atoms with Crippen LogP contribution in [0.15, 0.2) is 18.0 Å². The average molecular weight is 710 g/mol. The molecule has 1 aromatic heterocycles. The van der Waals surface area contributed by atoms with E-state index >= 15 is 0 Å². The Kier molecular flexibility index (Phi) is 9.53. The molecule has 0 unspecified atom stereocenters. The van der Waals surface area contributed by atoms with Crippen LogP contribution in [0.1, 0.15) is 124 Å². The lowest BCUT2D eigenvalue weighted by atomic mass is 9.34. The number of amides is 1. The lowest BCUT2D eigenvalue weighted by Crippen LogP contribution is -2.69. The quantitative estimate of drug-likeness (QED) is 0.252. The van der Waals surface area contributed by atoms with Crippen LogP contribution in [0, 0.1) is 62.6 Å². The largest absolute Gasteiger partial charge is 0.481 e. The van der Waals surface area contributed by atoms with Gasteiger partial charge in [-0.05, 0) is 105 Å². The van der Waals surface area contributed by atoms with Crippen molar-refractivity contribution >= 4 is 11.9 Å². The molecule has 10 nitrogen and oxygen atoms in total. The second-order valence-corrected chi connectivity index (χ2v) is 19.6. The van der Waals surface area contributed by atoms with Crippen LogP contribution in [-0.2, 0) is 14.3 Å². The van der Waals surface area contributed by atoms with Crippen molar-refractivity contribution in [3.05, 3.63) is 23.8 Å². The van der Waals surface area contributed by atoms with Gasteiger partial charge in [0.1, 0.15) is 6.33 Å². The number of nitrogens with zero attached hydrogens (tertiary/aromatic N) is 4. The number of carbonyl (C=O) groups excluding carboxylic acids is 1. The summed E-state index contributed by atoms with van der Waals surface area (Å²) in [7, 11) is 4.22. The molecule has 3 saturated carbocycles. The first-order valence-corrected chi connectivity index (χ1v) is 19.6. The Labute approximate surface area is 306 Å². The third-order valence-electron chi connectivity index (χ3n) is 17.0. The Morgan fingerprint density at radius 2 is 1.78 bits per heavy atom. The molecular formula is C41H67N5O5. The molecule has 1 aromatic rings. The van der Waals surface area contributed by atoms with E-state index in [0.29, 0.717) is 44.0 Å². The first-order chi connectivity index (χ1) is 23.7. The van der Waals surface area contributed by atoms with Gasteiger partial charge in [0.25, 0.3) is 5.91 Å². The molecule has 4 fully saturated rings. The molecule has 0 aromatic carbocycles. The standard InChI is InChI=1S/C41H67N5O5/c1-24(2)26(5)36(6)17-18-38(8)27-13-14-30-37(7)20-50-22-41(30,28(27)15-16-39(38,9)31(36)35(48)49)19-29(46-34(33(42)47)43-23-44-46)32(37)51-21-40(10,25(3)4)45(11)12/h15,23-27,29-32H,13-14,16-22H2,1-12H3,(H2,42,47)(H,48,49)/t26-,27+,29-,30+,31-,32+,36-,37+,38-,39+,40+,41+/m1/s1. The fourth-order valence-electron chi connectivity index (χ4n) is 12.9. The van der Waals surface area contributed by atoms with Gasteiger partial charge in [-0.2, -0.15) is 5.10 Å². The molecule has 0 radical (unpaired) electrons. The van der Waals surface area contributed by atoms with Crippen molar-refractivity contribution in [3.63, 3.8) is 0 Å². The van der Waals surface area contributed by atoms with Crippen molar-refractivity contribution < 1.29 is 24.2 Å². The fraction of sp³-hybridized carbons (Fsp3) is 0.854. The Hall–Kier alpha value is -2.30. The summed E-state index contributed by atoms with van der Waals surface area (Å²) in [6.07, 6.45) is 8.99. The molecule has 12 atom stereocenters. The molecule has 6 rings (SSSR count). The minimum atomic E-state index is -0.648. The Morgan fingerprint density at radius 3 is 2.37 bits per heavy atom. The second kappa shape index (κ2) is 12.6. The van der Waals surface area contributed by atoms with Gasteiger partial charge in [-0.25, -0.2) is 9.67 Å². The minimum absolute atomic E-state index is 0.157. The predicted octanol–water partition coefficient (Wildman–Crippen LogP) is 6.87. The average Bonchev–Trinajstić information content (AvgIpc) is 3.54. The number of fused-ring (bicyclic) bond motifs is 3. The Morgan fingerprint density at radius 1 is 1.10 bits per heavy atom. The van der Waals surface area contributed by atoms with E-state index in [-0.39, 0.29) is 57.0 Å². The summed E-state index contributed by atoms with van der Waals surface area (Å²) < 4.78 is 15.7. The van der Waals surface area contributed by atoms with Gasteiger partial charge in [-0.15, -0.1) is 0 Å². The highest BCUT2D eigenvalue weighted by molar-refractivity contribution is 5.89. The summed E-state index contributed by atoms with van der Waals surface area (Å²) >= 11 is 0. The molecule has 4 aliphatic carbocycles. The van der Waals surface area contributed by atoms with Crippen LogP contribution in [0.3, 0.4) is 0 Å². The maximum absolute atomic E-state index is 13.5. The van der Waals surface area contributed by atoms with Gasteiger partial charge in [0.2, 0.25) is 5.82 Å². The van der Waals surface area contributed by atoms with Gasteiger partial charge >= 0.3 is 5.97 Å². The van der Waals surface area contributed by atoms with Crippen LogP contribution in [0.2, 0.25) is 0 Å². The molecule has 51 heavy (non-hydrogen) atoms. The molecule has 1 amide bonds. The summed E-state index contributed by atoms with van der Waals surface area (Å²) in [5.41, 5.74) is 5.59. The van der Waals surface area contributed by atoms with Gasteiger partial charge in [0.15, 0.2) is 0 Å². The van der Waals surface area contributed by atoms with E-state index in [2.05, 4.69) is 104 Å². The van der Waals surface area contributed by atoms with Gasteiger partial charge in [-0.1, -0.05) is 74.0 Å². The SMILES string of the molecule is CC(C)[C@@H](C)[C@@]1(C)CC[C@]2(C)[C@H]3CC[C@@H]4[C@@]5(COC[C@]4(C)[C@@H](OC[C@@](C)(C(C)C)N(C)C)[C@H](n4ncnc4C(N)=O)C5)C3=CC[C@@]2(C)[C@@H]1C(=O)O. The molecule has 2 bridgehead atoms. The summed E-state index contributed by atoms with van der Waals surface area (Å²) in [6.45, 7) is 24.5. The summed E-state index contributed by atoms with van der Waals surface area (Å²) in [5.74, 6) is 0.0278. The maximum Gasteiger partial charge on any atom is 0.307 e. The number of hydrogen-bond acceptors (Lipinski definition) is 7. The summed E-state index contributed by atoms with van der Waals surface area (Å²) in [6, 6.07) is -0.284. The topological polar surface area (TPSA) is 133 Å². The third-order valence-corrected chi connectivity index (χ3v) is 17.0. The second-order valence-electron chi connectivity index (χ2n) is 19.6. The number of nitrogens with two attached hydrogens (primary N) is 1. The molecule has 286 valence electrons. The van der Waals surface area contributed by atoms with Crippen molar-refractivity contribution in [3.8, 4) is 0 Å². The minimum Gasteiger partial charge on any atom is -0.481 e. The zero-order chi connectivity index (χ0) is 37.7. The van der Waals surface area contributed by atoms with E-state index in [0.717, 1.165) is 32.1 Å². The number of hydrogen-bond donors (Lipinski definition) is 2.